The van der Waals surface area contributed by atoms with Crippen molar-refractivity contribution in [2.24, 2.45) is 0 Å². The van der Waals surface area contributed by atoms with Gasteiger partial charge in [0, 0.05) is 30.1 Å². The standard InChI is InChI=1S/C17H24N2O3S/c20-15(11-17(22)6-1-2-7-17)19-8-3-14(4-9-19)18-16(21)13-5-10-23-12-13/h5,10,12,14,22H,1-4,6-9,11H2,(H,18,21). The number of hydrogen-bond donors (Lipinski definition) is 2. The molecular formula is C17H24N2O3S. The van der Waals surface area contributed by atoms with Gasteiger partial charge in [-0.2, -0.15) is 11.3 Å². The molecule has 1 aliphatic heterocycles. The minimum absolute atomic E-state index is 0.0312. The van der Waals surface area contributed by atoms with E-state index >= 15 is 0 Å². The van der Waals surface area contributed by atoms with E-state index in [1.807, 2.05) is 21.7 Å². The molecule has 0 radical (unpaired) electrons. The van der Waals surface area contributed by atoms with Gasteiger partial charge in [0.1, 0.15) is 0 Å². The first-order valence-corrected chi connectivity index (χ1v) is 9.33. The number of aliphatic hydroxyl groups is 1. The van der Waals surface area contributed by atoms with Crippen molar-refractivity contribution in [3.05, 3.63) is 22.4 Å². The van der Waals surface area contributed by atoms with Crippen LogP contribution in [0.1, 0.15) is 55.3 Å². The maximum Gasteiger partial charge on any atom is 0.252 e. The smallest absolute Gasteiger partial charge is 0.252 e. The van der Waals surface area contributed by atoms with Crippen LogP contribution in [-0.4, -0.2) is 46.6 Å². The van der Waals surface area contributed by atoms with Gasteiger partial charge in [-0.05, 0) is 37.1 Å². The van der Waals surface area contributed by atoms with E-state index in [-0.39, 0.29) is 24.3 Å². The van der Waals surface area contributed by atoms with Gasteiger partial charge in [0.2, 0.25) is 5.91 Å². The fourth-order valence-electron chi connectivity index (χ4n) is 3.54. The SMILES string of the molecule is O=C(NC1CCN(C(=O)CC2(O)CCCC2)CC1)c1ccsc1. The number of rotatable bonds is 4. The highest BCUT2D eigenvalue weighted by molar-refractivity contribution is 7.08. The van der Waals surface area contributed by atoms with Crippen LogP contribution in [0.15, 0.2) is 16.8 Å². The van der Waals surface area contributed by atoms with Gasteiger partial charge in [0.05, 0.1) is 12.0 Å². The Morgan fingerprint density at radius 2 is 2.00 bits per heavy atom. The van der Waals surface area contributed by atoms with Crippen LogP contribution in [0.4, 0.5) is 0 Å². The molecule has 3 rings (SSSR count). The molecule has 2 aliphatic rings. The van der Waals surface area contributed by atoms with Crippen LogP contribution < -0.4 is 5.32 Å². The van der Waals surface area contributed by atoms with Crippen molar-refractivity contribution in [1.29, 1.82) is 0 Å². The number of nitrogens with zero attached hydrogens (tertiary/aromatic N) is 1. The third-order valence-electron chi connectivity index (χ3n) is 4.98. The molecule has 0 atom stereocenters. The molecule has 23 heavy (non-hydrogen) atoms. The molecule has 6 heteroatoms. The van der Waals surface area contributed by atoms with Crippen LogP contribution in [0.25, 0.3) is 0 Å². The van der Waals surface area contributed by atoms with Crippen LogP contribution in [0.5, 0.6) is 0 Å². The first kappa shape index (κ1) is 16.5. The first-order chi connectivity index (χ1) is 11.1. The lowest BCUT2D eigenvalue weighted by molar-refractivity contribution is -0.137. The third kappa shape index (κ3) is 4.12. The summed E-state index contributed by atoms with van der Waals surface area (Å²) in [6, 6.07) is 1.95. The molecule has 2 amide bonds. The van der Waals surface area contributed by atoms with Gasteiger partial charge in [-0.15, -0.1) is 0 Å². The van der Waals surface area contributed by atoms with Gasteiger partial charge in [-0.1, -0.05) is 12.8 Å². The molecule has 1 saturated carbocycles. The Bertz CT molecular complexity index is 544. The van der Waals surface area contributed by atoms with Crippen molar-refractivity contribution in [3.8, 4) is 0 Å². The predicted octanol–water partition coefficient (Wildman–Crippen LogP) is 2.16. The lowest BCUT2D eigenvalue weighted by atomic mass is 9.96. The highest BCUT2D eigenvalue weighted by Gasteiger charge is 2.35. The summed E-state index contributed by atoms with van der Waals surface area (Å²) in [6.45, 7) is 1.31. The second-order valence-electron chi connectivity index (χ2n) is 6.75. The molecule has 2 fully saturated rings. The van der Waals surface area contributed by atoms with E-state index in [0.717, 1.165) is 38.5 Å². The van der Waals surface area contributed by atoms with E-state index < -0.39 is 5.60 Å². The summed E-state index contributed by atoms with van der Waals surface area (Å²) in [5.41, 5.74) is -0.0712. The molecule has 5 nitrogen and oxygen atoms in total. The third-order valence-corrected chi connectivity index (χ3v) is 5.66. The van der Waals surface area contributed by atoms with Gasteiger partial charge in [-0.3, -0.25) is 9.59 Å². The largest absolute Gasteiger partial charge is 0.389 e. The maximum absolute atomic E-state index is 12.4. The Morgan fingerprint density at radius 1 is 1.30 bits per heavy atom. The fourth-order valence-corrected chi connectivity index (χ4v) is 4.17. The van der Waals surface area contributed by atoms with Crippen LogP contribution in [0, 0.1) is 0 Å². The predicted molar refractivity (Wildman–Crippen MR) is 89.4 cm³/mol. The van der Waals surface area contributed by atoms with Crippen molar-refractivity contribution in [3.63, 3.8) is 0 Å². The van der Waals surface area contributed by atoms with Crippen LogP contribution in [-0.2, 0) is 4.79 Å². The molecule has 1 saturated heterocycles. The summed E-state index contributed by atoms with van der Waals surface area (Å²) in [7, 11) is 0. The summed E-state index contributed by atoms with van der Waals surface area (Å²) in [5.74, 6) is 0.0216. The highest BCUT2D eigenvalue weighted by Crippen LogP contribution is 2.33. The van der Waals surface area contributed by atoms with Gasteiger partial charge in [-0.25, -0.2) is 0 Å². The van der Waals surface area contributed by atoms with E-state index in [2.05, 4.69) is 5.32 Å². The van der Waals surface area contributed by atoms with Crippen LogP contribution in [0.3, 0.4) is 0 Å². The van der Waals surface area contributed by atoms with E-state index in [1.54, 1.807) is 0 Å². The number of piperidine rings is 1. The Hall–Kier alpha value is -1.40. The second-order valence-corrected chi connectivity index (χ2v) is 7.53. The number of nitrogens with one attached hydrogen (secondary N) is 1. The number of amides is 2. The Morgan fingerprint density at radius 3 is 2.61 bits per heavy atom. The maximum atomic E-state index is 12.4. The van der Waals surface area contributed by atoms with Crippen molar-refractivity contribution in [2.45, 2.75) is 56.6 Å². The normalized spacial score (nSPS) is 21.3. The van der Waals surface area contributed by atoms with E-state index in [4.69, 9.17) is 0 Å². The Labute approximate surface area is 140 Å². The Kier molecular flexibility index (Phi) is 5.02. The molecule has 1 aliphatic carbocycles. The summed E-state index contributed by atoms with van der Waals surface area (Å²) in [5, 5.41) is 17.1. The summed E-state index contributed by atoms with van der Waals surface area (Å²) in [4.78, 5) is 26.2. The minimum Gasteiger partial charge on any atom is -0.389 e. The lowest BCUT2D eigenvalue weighted by Crippen LogP contribution is -2.48. The van der Waals surface area contributed by atoms with Gasteiger partial charge in [0.15, 0.2) is 0 Å². The molecule has 0 bridgehead atoms. The highest BCUT2D eigenvalue weighted by atomic mass is 32.1. The average Bonchev–Trinajstić information content (AvgIpc) is 3.19. The summed E-state index contributed by atoms with van der Waals surface area (Å²) in [6.07, 6.45) is 5.32. The number of carbonyl (C=O) groups excluding carboxylic acids is 2. The zero-order chi connectivity index (χ0) is 16.3. The average molecular weight is 336 g/mol. The van der Waals surface area contributed by atoms with Gasteiger partial charge < -0.3 is 15.3 Å². The van der Waals surface area contributed by atoms with Crippen molar-refractivity contribution >= 4 is 23.2 Å². The number of hydrogen-bond acceptors (Lipinski definition) is 4. The van der Waals surface area contributed by atoms with Gasteiger partial charge >= 0.3 is 0 Å². The fraction of sp³-hybridized carbons (Fsp3) is 0.647. The van der Waals surface area contributed by atoms with Crippen molar-refractivity contribution in [2.75, 3.05) is 13.1 Å². The van der Waals surface area contributed by atoms with Crippen LogP contribution >= 0.6 is 11.3 Å². The minimum atomic E-state index is -0.777. The quantitative estimate of drug-likeness (QED) is 0.885. The molecule has 126 valence electrons. The lowest BCUT2D eigenvalue weighted by Gasteiger charge is -2.34. The summed E-state index contributed by atoms with van der Waals surface area (Å²) < 4.78 is 0. The number of likely N-dealkylation sites (tertiary alicyclic amines) is 1. The number of thiophene rings is 1. The molecule has 0 aromatic carbocycles. The molecule has 0 unspecified atom stereocenters. The Balaban J connectivity index is 1.44. The van der Waals surface area contributed by atoms with Crippen LogP contribution in [0.2, 0.25) is 0 Å². The summed E-state index contributed by atoms with van der Waals surface area (Å²) >= 11 is 1.51. The zero-order valence-electron chi connectivity index (χ0n) is 13.3. The molecule has 0 spiro atoms. The second kappa shape index (κ2) is 7.01. The van der Waals surface area contributed by atoms with Crippen molar-refractivity contribution < 1.29 is 14.7 Å². The van der Waals surface area contributed by atoms with Crippen molar-refractivity contribution in [1.82, 2.24) is 10.2 Å². The monoisotopic (exact) mass is 336 g/mol. The molecular weight excluding hydrogens is 312 g/mol. The number of carbonyl (C=O) groups is 2. The van der Waals surface area contributed by atoms with Gasteiger partial charge in [0.25, 0.3) is 5.91 Å². The van der Waals surface area contributed by atoms with E-state index in [0.29, 0.717) is 18.7 Å². The zero-order valence-corrected chi connectivity index (χ0v) is 14.1. The topological polar surface area (TPSA) is 69.6 Å². The molecule has 2 N–H and O–H groups in total. The van der Waals surface area contributed by atoms with E-state index in [9.17, 15) is 14.7 Å². The first-order valence-electron chi connectivity index (χ1n) is 8.39. The molecule has 1 aromatic heterocycles. The molecule has 1 aromatic rings. The van der Waals surface area contributed by atoms with E-state index in [1.165, 1.54) is 11.3 Å². The molecule has 2 heterocycles.